The number of piperazine rings is 1. The van der Waals surface area contributed by atoms with E-state index in [4.69, 9.17) is 0 Å². The van der Waals surface area contributed by atoms with E-state index < -0.39 is 9.85 Å². The Labute approximate surface area is 173 Å². The number of non-ortho nitro benzene ring substituents is 2. The molecule has 1 saturated heterocycles. The van der Waals surface area contributed by atoms with Crippen molar-refractivity contribution >= 4 is 33.2 Å². The summed E-state index contributed by atoms with van der Waals surface area (Å²) in [5.74, 6) is 0. The average Bonchev–Trinajstić information content (AvgIpc) is 3.00. The van der Waals surface area contributed by atoms with E-state index in [9.17, 15) is 20.2 Å². The maximum absolute atomic E-state index is 11.2. The van der Waals surface area contributed by atoms with Crippen LogP contribution in [0.5, 0.6) is 0 Å². The summed E-state index contributed by atoms with van der Waals surface area (Å²) in [6.45, 7) is 8.09. The molecule has 0 saturated carbocycles. The molecule has 1 aliphatic heterocycles. The highest BCUT2D eigenvalue weighted by Crippen LogP contribution is 2.34. The molecule has 2 atom stereocenters. The Balaban J connectivity index is 1.67. The number of aromatic nitrogens is 1. The first-order chi connectivity index (χ1) is 14.3. The molecule has 1 aromatic heterocycles. The third kappa shape index (κ3) is 3.86. The van der Waals surface area contributed by atoms with Gasteiger partial charge in [0, 0.05) is 77.8 Å². The number of hydrogen-bond acceptors (Lipinski definition) is 6. The van der Waals surface area contributed by atoms with Crippen molar-refractivity contribution in [2.75, 3.05) is 19.6 Å². The topological polar surface area (TPSA) is 106 Å². The first-order valence-electron chi connectivity index (χ1n) is 10.2. The van der Waals surface area contributed by atoms with Crippen LogP contribution in [0, 0.1) is 20.2 Å². The molecule has 0 radical (unpaired) electrons. The zero-order chi connectivity index (χ0) is 21.4. The van der Waals surface area contributed by atoms with E-state index in [0.717, 1.165) is 43.6 Å². The molecule has 0 unspecified atom stereocenters. The van der Waals surface area contributed by atoms with Crippen LogP contribution in [-0.4, -0.2) is 51.0 Å². The molecule has 9 heteroatoms. The molecule has 1 aliphatic rings. The van der Waals surface area contributed by atoms with Crippen LogP contribution in [0.3, 0.4) is 0 Å². The van der Waals surface area contributed by atoms with Crippen LogP contribution in [0.15, 0.2) is 36.4 Å². The number of nitro groups is 2. The summed E-state index contributed by atoms with van der Waals surface area (Å²) in [4.78, 5) is 24.1. The van der Waals surface area contributed by atoms with E-state index in [0.29, 0.717) is 22.9 Å². The Hall–Kier alpha value is -3.04. The number of nitrogens with one attached hydrogen (secondary N) is 1. The fraction of sp³-hybridized carbons (Fsp3) is 0.429. The minimum Gasteiger partial charge on any atom is -0.340 e. The highest BCUT2D eigenvalue weighted by atomic mass is 16.6. The quantitative estimate of drug-likeness (QED) is 0.490. The van der Waals surface area contributed by atoms with E-state index in [1.165, 1.54) is 24.3 Å². The first-order valence-corrected chi connectivity index (χ1v) is 10.2. The van der Waals surface area contributed by atoms with Crippen LogP contribution in [0.4, 0.5) is 11.4 Å². The van der Waals surface area contributed by atoms with E-state index in [1.807, 2.05) is 0 Å². The molecule has 9 nitrogen and oxygen atoms in total. The van der Waals surface area contributed by atoms with Gasteiger partial charge in [-0.25, -0.2) is 0 Å². The van der Waals surface area contributed by atoms with Crippen LogP contribution in [0.2, 0.25) is 0 Å². The van der Waals surface area contributed by atoms with Crippen LogP contribution in [0.1, 0.15) is 20.3 Å². The van der Waals surface area contributed by atoms with Gasteiger partial charge in [-0.2, -0.15) is 0 Å². The molecule has 2 heterocycles. The second-order valence-corrected chi connectivity index (χ2v) is 8.15. The second-order valence-electron chi connectivity index (χ2n) is 8.15. The van der Waals surface area contributed by atoms with Gasteiger partial charge in [0.2, 0.25) is 0 Å². The van der Waals surface area contributed by atoms with Gasteiger partial charge in [-0.05, 0) is 38.9 Å². The van der Waals surface area contributed by atoms with Crippen LogP contribution >= 0.6 is 0 Å². The molecule has 4 rings (SSSR count). The number of aryl methyl sites for hydroxylation is 1. The zero-order valence-electron chi connectivity index (χ0n) is 17.1. The Morgan fingerprint density at radius 1 is 0.900 bits per heavy atom. The number of benzene rings is 2. The molecular weight excluding hydrogens is 386 g/mol. The molecule has 3 aromatic rings. The summed E-state index contributed by atoms with van der Waals surface area (Å²) in [6.07, 6.45) is 0.923. The van der Waals surface area contributed by atoms with E-state index in [2.05, 4.69) is 28.6 Å². The van der Waals surface area contributed by atoms with Gasteiger partial charge in [0.1, 0.15) is 0 Å². The molecular formula is C21H25N5O4. The number of hydrogen-bond donors (Lipinski definition) is 1. The van der Waals surface area contributed by atoms with Crippen molar-refractivity contribution in [1.82, 2.24) is 14.8 Å². The standard InChI is InChI=1S/C21H25N5O4/c1-14-12-23(13-15(2)22-14)8-3-9-24-20-6-4-16(25(27)28)10-18(20)19-11-17(26(29)30)5-7-21(19)24/h4-7,10-11,14-15,22H,3,8-9,12-13H2,1-2H3/t14-,15+. The summed E-state index contributed by atoms with van der Waals surface area (Å²) < 4.78 is 2.12. The number of rotatable bonds is 6. The fourth-order valence-electron chi connectivity index (χ4n) is 4.62. The number of nitro benzene ring substituents is 2. The highest BCUT2D eigenvalue weighted by Gasteiger charge is 2.21. The van der Waals surface area contributed by atoms with Crippen LogP contribution in [-0.2, 0) is 6.54 Å². The van der Waals surface area contributed by atoms with E-state index >= 15 is 0 Å². The zero-order valence-corrected chi connectivity index (χ0v) is 17.1. The maximum atomic E-state index is 11.2. The van der Waals surface area contributed by atoms with Gasteiger partial charge in [-0.3, -0.25) is 20.2 Å². The van der Waals surface area contributed by atoms with E-state index in [1.54, 1.807) is 12.1 Å². The van der Waals surface area contributed by atoms with Crippen molar-refractivity contribution in [2.45, 2.75) is 38.9 Å². The van der Waals surface area contributed by atoms with Crippen molar-refractivity contribution in [1.29, 1.82) is 0 Å². The largest absolute Gasteiger partial charge is 0.340 e. The third-order valence-electron chi connectivity index (χ3n) is 5.74. The highest BCUT2D eigenvalue weighted by molar-refractivity contribution is 6.09. The first kappa shape index (κ1) is 20.2. The molecule has 0 spiro atoms. The summed E-state index contributed by atoms with van der Waals surface area (Å²) in [7, 11) is 0. The van der Waals surface area contributed by atoms with Gasteiger partial charge in [0.15, 0.2) is 0 Å². The SMILES string of the molecule is C[C@@H]1CN(CCCn2c3ccc([N+](=O)[O-])cc3c3cc([N+](=O)[O-])ccc32)C[C@H](C)N1. The summed E-state index contributed by atoms with van der Waals surface area (Å²) in [5.41, 5.74) is 1.69. The molecule has 0 aliphatic carbocycles. The minimum absolute atomic E-state index is 0.0168. The summed E-state index contributed by atoms with van der Waals surface area (Å²) >= 11 is 0. The van der Waals surface area contributed by atoms with Crippen molar-refractivity contribution < 1.29 is 9.85 Å². The Morgan fingerprint density at radius 3 is 1.87 bits per heavy atom. The molecule has 2 aromatic carbocycles. The maximum Gasteiger partial charge on any atom is 0.270 e. The Morgan fingerprint density at radius 2 is 1.40 bits per heavy atom. The van der Waals surface area contributed by atoms with Crippen molar-refractivity contribution in [3.05, 3.63) is 56.6 Å². The van der Waals surface area contributed by atoms with Gasteiger partial charge in [-0.1, -0.05) is 0 Å². The van der Waals surface area contributed by atoms with Crippen molar-refractivity contribution in [3.63, 3.8) is 0 Å². The third-order valence-corrected chi connectivity index (χ3v) is 5.74. The van der Waals surface area contributed by atoms with Gasteiger partial charge >= 0.3 is 0 Å². The van der Waals surface area contributed by atoms with Crippen LogP contribution in [0.25, 0.3) is 21.8 Å². The van der Waals surface area contributed by atoms with Crippen molar-refractivity contribution in [2.24, 2.45) is 0 Å². The summed E-state index contributed by atoms with van der Waals surface area (Å²) in [5, 5.41) is 27.4. The predicted molar refractivity (Wildman–Crippen MR) is 116 cm³/mol. The van der Waals surface area contributed by atoms with Crippen LogP contribution < -0.4 is 5.32 Å². The second kappa shape index (κ2) is 8.00. The van der Waals surface area contributed by atoms with Gasteiger partial charge in [0.05, 0.1) is 9.85 Å². The van der Waals surface area contributed by atoms with Crippen molar-refractivity contribution in [3.8, 4) is 0 Å². The number of nitrogens with zero attached hydrogens (tertiary/aromatic N) is 4. The number of fused-ring (bicyclic) bond motifs is 3. The molecule has 0 amide bonds. The summed E-state index contributed by atoms with van der Waals surface area (Å²) in [6, 6.07) is 10.4. The molecule has 1 fully saturated rings. The van der Waals surface area contributed by atoms with Gasteiger partial charge in [0.25, 0.3) is 11.4 Å². The lowest BCUT2D eigenvalue weighted by molar-refractivity contribution is -0.385. The smallest absolute Gasteiger partial charge is 0.270 e. The predicted octanol–water partition coefficient (Wildman–Crippen LogP) is 3.68. The molecule has 30 heavy (non-hydrogen) atoms. The lowest BCUT2D eigenvalue weighted by Crippen LogP contribution is -2.54. The molecule has 1 N–H and O–H groups in total. The van der Waals surface area contributed by atoms with Gasteiger partial charge < -0.3 is 14.8 Å². The lowest BCUT2D eigenvalue weighted by Gasteiger charge is -2.36. The Bertz CT molecular complexity index is 1040. The fourth-order valence-corrected chi connectivity index (χ4v) is 4.62. The lowest BCUT2D eigenvalue weighted by atomic mass is 10.1. The Kier molecular flexibility index (Phi) is 5.40. The minimum atomic E-state index is -0.438. The molecule has 158 valence electrons. The average molecular weight is 411 g/mol. The normalized spacial score (nSPS) is 20.1. The monoisotopic (exact) mass is 411 g/mol. The van der Waals surface area contributed by atoms with E-state index in [-0.39, 0.29) is 11.4 Å². The molecule has 0 bridgehead atoms. The van der Waals surface area contributed by atoms with Gasteiger partial charge in [-0.15, -0.1) is 0 Å².